The summed E-state index contributed by atoms with van der Waals surface area (Å²) in [4.78, 5) is 17.1. The molecule has 3 aliphatic rings. The maximum absolute atomic E-state index is 12.5. The molecule has 4 rings (SSSR count). The third-order valence-corrected chi connectivity index (χ3v) is 6.46. The molecule has 2 aliphatic carbocycles. The first kappa shape index (κ1) is 17.8. The second-order valence-corrected chi connectivity index (χ2v) is 8.28. The number of urea groups is 1. The number of piperazine rings is 1. The molecule has 5 heteroatoms. The Kier molecular flexibility index (Phi) is 5.18. The number of methoxy groups -OCH3 is 1. The minimum absolute atomic E-state index is 0.0982. The number of aryl methyl sites for hydroxylation is 1. The molecule has 0 bridgehead atoms. The number of nitrogens with one attached hydrogen (secondary N) is 1. The summed E-state index contributed by atoms with van der Waals surface area (Å²) in [6.45, 7) is 5.15. The van der Waals surface area contributed by atoms with Crippen molar-refractivity contribution in [3.05, 3.63) is 35.4 Å². The van der Waals surface area contributed by atoms with Crippen LogP contribution >= 0.6 is 0 Å². The summed E-state index contributed by atoms with van der Waals surface area (Å²) >= 11 is 0. The molecule has 1 aromatic rings. The molecule has 1 aliphatic heterocycles. The number of carbonyl (C=O) groups excluding carboxylic acids is 1. The van der Waals surface area contributed by atoms with Gasteiger partial charge in [-0.1, -0.05) is 24.3 Å². The first-order valence-electron chi connectivity index (χ1n) is 10.0. The lowest BCUT2D eigenvalue weighted by Crippen LogP contribution is -2.55. The van der Waals surface area contributed by atoms with Gasteiger partial charge >= 0.3 is 6.03 Å². The van der Waals surface area contributed by atoms with Gasteiger partial charge in [-0.2, -0.15) is 0 Å². The Hall–Kier alpha value is -1.59. The Morgan fingerprint density at radius 3 is 2.62 bits per heavy atom. The fraction of sp³-hybridized carbons (Fsp3) is 0.667. The molecule has 1 heterocycles. The van der Waals surface area contributed by atoms with E-state index < -0.39 is 0 Å². The van der Waals surface area contributed by atoms with Crippen LogP contribution in [0.3, 0.4) is 0 Å². The molecule has 1 saturated heterocycles. The van der Waals surface area contributed by atoms with Crippen LogP contribution in [-0.4, -0.2) is 68.3 Å². The predicted octanol–water partition coefficient (Wildman–Crippen LogP) is 2.30. The number of ether oxygens (including phenoxy) is 1. The van der Waals surface area contributed by atoms with Crippen LogP contribution in [-0.2, 0) is 17.6 Å². The predicted molar refractivity (Wildman–Crippen MR) is 102 cm³/mol. The highest BCUT2D eigenvalue weighted by molar-refractivity contribution is 5.74. The van der Waals surface area contributed by atoms with Gasteiger partial charge < -0.3 is 15.0 Å². The highest BCUT2D eigenvalue weighted by Gasteiger charge is 2.43. The van der Waals surface area contributed by atoms with Crippen LogP contribution in [0.2, 0.25) is 0 Å². The van der Waals surface area contributed by atoms with Crippen molar-refractivity contribution in [2.24, 2.45) is 5.41 Å². The first-order valence-corrected chi connectivity index (χ1v) is 10.0. The molecule has 0 spiro atoms. The Morgan fingerprint density at radius 1 is 1.19 bits per heavy atom. The van der Waals surface area contributed by atoms with E-state index in [9.17, 15) is 4.79 Å². The number of rotatable bonds is 5. The Morgan fingerprint density at radius 2 is 1.92 bits per heavy atom. The van der Waals surface area contributed by atoms with Crippen molar-refractivity contribution in [1.82, 2.24) is 15.1 Å². The standard InChI is InChI=1S/C21H31N3O2/c1-26-16-21(8-9-21)15-22-20(25)24-12-10-23(11-13-24)19-7-6-17-4-2-3-5-18(17)14-19/h2-5,19H,6-16H2,1H3,(H,22,25)/t19-/m1/s1. The molecule has 1 N–H and O–H groups in total. The molecular weight excluding hydrogens is 326 g/mol. The Labute approximate surface area is 156 Å². The molecule has 2 fully saturated rings. The highest BCUT2D eigenvalue weighted by atomic mass is 16.5. The molecule has 1 atom stereocenters. The molecular formula is C21H31N3O2. The van der Waals surface area contributed by atoms with Crippen LogP contribution in [0.25, 0.3) is 0 Å². The van der Waals surface area contributed by atoms with E-state index in [0.29, 0.717) is 6.04 Å². The minimum Gasteiger partial charge on any atom is -0.384 e. The maximum Gasteiger partial charge on any atom is 0.317 e. The third-order valence-electron chi connectivity index (χ3n) is 6.46. The fourth-order valence-corrected chi connectivity index (χ4v) is 4.51. The number of amides is 2. The van der Waals surface area contributed by atoms with Crippen molar-refractivity contribution in [1.29, 1.82) is 0 Å². The van der Waals surface area contributed by atoms with Gasteiger partial charge in [-0.15, -0.1) is 0 Å². The lowest BCUT2D eigenvalue weighted by Gasteiger charge is -2.41. The topological polar surface area (TPSA) is 44.8 Å². The number of carbonyl (C=O) groups is 1. The smallest absolute Gasteiger partial charge is 0.317 e. The molecule has 5 nitrogen and oxygen atoms in total. The van der Waals surface area contributed by atoms with Gasteiger partial charge in [0.1, 0.15) is 0 Å². The maximum atomic E-state index is 12.5. The second kappa shape index (κ2) is 7.57. The lowest BCUT2D eigenvalue weighted by atomic mass is 9.87. The number of hydrogen-bond donors (Lipinski definition) is 1. The zero-order valence-electron chi connectivity index (χ0n) is 15.9. The van der Waals surface area contributed by atoms with Crippen LogP contribution in [0.4, 0.5) is 4.79 Å². The Bertz CT molecular complexity index is 636. The van der Waals surface area contributed by atoms with Crippen molar-refractivity contribution in [2.45, 2.75) is 38.1 Å². The fourth-order valence-electron chi connectivity index (χ4n) is 4.51. The zero-order chi connectivity index (χ0) is 18.0. The summed E-state index contributed by atoms with van der Waals surface area (Å²) in [6.07, 6.45) is 5.91. The number of hydrogen-bond acceptors (Lipinski definition) is 3. The van der Waals surface area contributed by atoms with E-state index in [2.05, 4.69) is 34.5 Å². The summed E-state index contributed by atoms with van der Waals surface area (Å²) in [6, 6.07) is 9.57. The van der Waals surface area contributed by atoms with Crippen LogP contribution in [0.1, 0.15) is 30.4 Å². The van der Waals surface area contributed by atoms with Gasteiger partial charge in [-0.3, -0.25) is 4.90 Å². The van der Waals surface area contributed by atoms with E-state index in [1.54, 1.807) is 7.11 Å². The largest absolute Gasteiger partial charge is 0.384 e. The average molecular weight is 357 g/mol. The number of fused-ring (bicyclic) bond motifs is 1. The van der Waals surface area contributed by atoms with Gasteiger partial charge in [0.15, 0.2) is 0 Å². The molecule has 1 saturated carbocycles. The molecule has 0 unspecified atom stereocenters. The van der Waals surface area contributed by atoms with Gasteiger partial charge in [0.2, 0.25) is 0 Å². The van der Waals surface area contributed by atoms with Crippen LogP contribution in [0.5, 0.6) is 0 Å². The van der Waals surface area contributed by atoms with Crippen LogP contribution in [0.15, 0.2) is 24.3 Å². The summed E-state index contributed by atoms with van der Waals surface area (Å²) in [7, 11) is 1.74. The minimum atomic E-state index is 0.0982. The quantitative estimate of drug-likeness (QED) is 0.879. The second-order valence-electron chi connectivity index (χ2n) is 8.28. The van der Waals surface area contributed by atoms with Gasteiger partial charge in [-0.05, 0) is 43.2 Å². The summed E-state index contributed by atoms with van der Waals surface area (Å²) < 4.78 is 5.28. The van der Waals surface area contributed by atoms with Crippen LogP contribution < -0.4 is 5.32 Å². The first-order chi connectivity index (χ1) is 12.7. The van der Waals surface area contributed by atoms with E-state index in [4.69, 9.17) is 4.74 Å². The molecule has 2 amide bonds. The molecule has 1 aromatic carbocycles. The summed E-state index contributed by atoms with van der Waals surface area (Å²) in [5.74, 6) is 0. The van der Waals surface area contributed by atoms with Crippen molar-refractivity contribution in [3.8, 4) is 0 Å². The van der Waals surface area contributed by atoms with Crippen molar-refractivity contribution in [3.63, 3.8) is 0 Å². The Balaban J connectivity index is 1.24. The number of nitrogens with zero attached hydrogens (tertiary/aromatic N) is 2. The SMILES string of the molecule is COCC1(CNC(=O)N2CCN([C@@H]3CCc4ccccc4C3)CC2)CC1. The van der Waals surface area contributed by atoms with Gasteiger partial charge in [0, 0.05) is 51.3 Å². The van der Waals surface area contributed by atoms with Gasteiger partial charge in [-0.25, -0.2) is 4.79 Å². The molecule has 0 aromatic heterocycles. The summed E-state index contributed by atoms with van der Waals surface area (Å²) in [5, 5.41) is 3.14. The molecule has 26 heavy (non-hydrogen) atoms. The van der Waals surface area contributed by atoms with E-state index >= 15 is 0 Å². The lowest BCUT2D eigenvalue weighted by molar-refractivity contribution is 0.0986. The number of benzene rings is 1. The van der Waals surface area contributed by atoms with E-state index in [1.165, 1.54) is 24.0 Å². The van der Waals surface area contributed by atoms with Crippen molar-refractivity contribution >= 4 is 6.03 Å². The van der Waals surface area contributed by atoms with Crippen molar-refractivity contribution in [2.75, 3.05) is 46.4 Å². The van der Waals surface area contributed by atoms with Gasteiger partial charge in [0.05, 0.1) is 6.61 Å². The van der Waals surface area contributed by atoms with Gasteiger partial charge in [0.25, 0.3) is 0 Å². The highest BCUT2D eigenvalue weighted by Crippen LogP contribution is 2.45. The monoisotopic (exact) mass is 357 g/mol. The molecule has 142 valence electrons. The molecule has 0 radical (unpaired) electrons. The normalized spacial score (nSPS) is 24.8. The van der Waals surface area contributed by atoms with Crippen molar-refractivity contribution < 1.29 is 9.53 Å². The average Bonchev–Trinajstić information content (AvgIpc) is 3.46. The van der Waals surface area contributed by atoms with E-state index in [0.717, 1.165) is 58.6 Å². The van der Waals surface area contributed by atoms with E-state index in [-0.39, 0.29) is 11.4 Å². The van der Waals surface area contributed by atoms with E-state index in [1.807, 2.05) is 4.90 Å². The van der Waals surface area contributed by atoms with Crippen LogP contribution in [0, 0.1) is 5.41 Å². The third kappa shape index (κ3) is 3.89. The summed E-state index contributed by atoms with van der Waals surface area (Å²) in [5.41, 5.74) is 3.24. The zero-order valence-corrected chi connectivity index (χ0v) is 15.9.